The fourth-order valence-electron chi connectivity index (χ4n) is 5.65. The summed E-state index contributed by atoms with van der Waals surface area (Å²) in [7, 11) is 0. The quantitative estimate of drug-likeness (QED) is 0.677. The average molecular weight is 441 g/mol. The zero-order valence-electron chi connectivity index (χ0n) is 18.8. The third-order valence-corrected chi connectivity index (χ3v) is 7.81. The summed E-state index contributed by atoms with van der Waals surface area (Å²) in [6.07, 6.45) is 6.05. The molecule has 0 aromatic heterocycles. The minimum atomic E-state index is -1.12. The Morgan fingerprint density at radius 1 is 1.16 bits per heavy atom. The van der Waals surface area contributed by atoms with Gasteiger partial charge in [0.25, 0.3) is 0 Å². The molecule has 2 atom stereocenters. The van der Waals surface area contributed by atoms with E-state index in [4.69, 9.17) is 0 Å². The van der Waals surface area contributed by atoms with Crippen molar-refractivity contribution in [1.82, 2.24) is 10.2 Å². The molecule has 4 aliphatic rings. The van der Waals surface area contributed by atoms with Gasteiger partial charge in [0.2, 0.25) is 11.8 Å². The van der Waals surface area contributed by atoms with Crippen molar-refractivity contribution < 1.29 is 14.0 Å². The predicted octanol–water partition coefficient (Wildman–Crippen LogP) is 3.72. The molecule has 1 aromatic rings. The number of rotatable bonds is 7. The second kappa shape index (κ2) is 9.19. The minimum Gasteiger partial charge on any atom is -0.326 e. The van der Waals surface area contributed by atoms with Crippen LogP contribution in [0.5, 0.6) is 0 Å². The van der Waals surface area contributed by atoms with Crippen molar-refractivity contribution in [1.29, 1.82) is 5.26 Å². The fourth-order valence-corrected chi connectivity index (χ4v) is 5.65. The number of likely N-dealkylation sites (tertiary alicyclic amines) is 1. The van der Waals surface area contributed by atoms with Crippen molar-refractivity contribution in [3.63, 3.8) is 0 Å². The lowest BCUT2D eigenvalue weighted by molar-refractivity contribution is -0.135. The lowest BCUT2D eigenvalue weighted by Gasteiger charge is -2.52. The Hall–Kier alpha value is -2.46. The number of fused-ring (bicyclic) bond motifs is 3. The van der Waals surface area contributed by atoms with Gasteiger partial charge in [-0.05, 0) is 62.6 Å². The number of carbonyl (C=O) groups excluding carboxylic acids is 2. The van der Waals surface area contributed by atoms with E-state index < -0.39 is 12.2 Å². The van der Waals surface area contributed by atoms with Crippen molar-refractivity contribution in [3.05, 3.63) is 29.8 Å². The van der Waals surface area contributed by atoms with Gasteiger partial charge in [0.1, 0.15) is 12.2 Å². The molecule has 2 bridgehead atoms. The highest BCUT2D eigenvalue weighted by Gasteiger charge is 2.52. The zero-order chi connectivity index (χ0) is 22.8. The third-order valence-electron chi connectivity index (χ3n) is 7.81. The Bertz CT molecular complexity index is 870. The van der Waals surface area contributed by atoms with Gasteiger partial charge in [-0.15, -0.1) is 0 Å². The summed E-state index contributed by atoms with van der Waals surface area (Å²) in [5.74, 6) is -0.106. The molecular formula is C25H33FN4O2. The van der Waals surface area contributed by atoms with Crippen LogP contribution in [0.4, 0.5) is 10.1 Å². The van der Waals surface area contributed by atoms with Crippen LogP contribution in [0.3, 0.4) is 0 Å². The Kier molecular flexibility index (Phi) is 6.52. The van der Waals surface area contributed by atoms with Crippen molar-refractivity contribution in [3.8, 4) is 6.07 Å². The van der Waals surface area contributed by atoms with Gasteiger partial charge in [0.15, 0.2) is 0 Å². The van der Waals surface area contributed by atoms with Gasteiger partial charge in [-0.2, -0.15) is 5.26 Å². The number of alkyl halides is 1. The number of nitriles is 1. The van der Waals surface area contributed by atoms with Gasteiger partial charge in [-0.3, -0.25) is 9.59 Å². The summed E-state index contributed by atoms with van der Waals surface area (Å²) in [6, 6.07) is 9.49. The van der Waals surface area contributed by atoms with E-state index in [1.807, 2.05) is 18.2 Å². The maximum Gasteiger partial charge on any atom is 0.237 e. The van der Waals surface area contributed by atoms with E-state index in [2.05, 4.69) is 29.7 Å². The number of benzene rings is 1. The van der Waals surface area contributed by atoms with E-state index in [0.29, 0.717) is 0 Å². The molecule has 5 rings (SSSR count). The number of nitrogens with zero attached hydrogens (tertiary/aromatic N) is 2. The first-order valence-corrected chi connectivity index (χ1v) is 11.9. The van der Waals surface area contributed by atoms with E-state index in [9.17, 15) is 19.2 Å². The number of hydrogen-bond donors (Lipinski definition) is 2. The van der Waals surface area contributed by atoms with Crippen LogP contribution < -0.4 is 10.6 Å². The molecule has 1 saturated heterocycles. The molecule has 4 fully saturated rings. The molecule has 0 spiro atoms. The van der Waals surface area contributed by atoms with Gasteiger partial charge in [-0.25, -0.2) is 4.39 Å². The summed E-state index contributed by atoms with van der Waals surface area (Å²) in [5, 5.41) is 15.7. The van der Waals surface area contributed by atoms with Crippen LogP contribution in [0.1, 0.15) is 63.9 Å². The second-order valence-electron chi connectivity index (χ2n) is 9.84. The minimum absolute atomic E-state index is 0.00838. The molecule has 2 N–H and O–H groups in total. The largest absolute Gasteiger partial charge is 0.326 e. The van der Waals surface area contributed by atoms with E-state index in [-0.39, 0.29) is 42.3 Å². The smallest absolute Gasteiger partial charge is 0.237 e. The summed E-state index contributed by atoms with van der Waals surface area (Å²) >= 11 is 0. The topological polar surface area (TPSA) is 85.2 Å². The van der Waals surface area contributed by atoms with Crippen LogP contribution in [0.15, 0.2) is 24.3 Å². The van der Waals surface area contributed by atoms with E-state index in [0.717, 1.165) is 57.1 Å². The lowest BCUT2D eigenvalue weighted by atomic mass is 9.57. The van der Waals surface area contributed by atoms with Crippen LogP contribution in [0.25, 0.3) is 0 Å². The predicted molar refractivity (Wildman–Crippen MR) is 121 cm³/mol. The molecule has 3 aliphatic carbocycles. The summed E-state index contributed by atoms with van der Waals surface area (Å²) in [5.41, 5.74) is 1.65. The van der Waals surface area contributed by atoms with Crippen LogP contribution >= 0.6 is 0 Å². The molecule has 0 radical (unpaired) electrons. The van der Waals surface area contributed by atoms with Gasteiger partial charge in [-0.1, -0.05) is 25.5 Å². The van der Waals surface area contributed by atoms with Crippen LogP contribution in [0.2, 0.25) is 0 Å². The number of amides is 2. The highest BCUT2D eigenvalue weighted by atomic mass is 19.1. The molecule has 2 amide bonds. The van der Waals surface area contributed by atoms with Crippen molar-refractivity contribution in [2.45, 2.75) is 82.5 Å². The Morgan fingerprint density at radius 2 is 1.81 bits per heavy atom. The average Bonchev–Trinajstić information content (AvgIpc) is 3.21. The maximum atomic E-state index is 13.6. The van der Waals surface area contributed by atoms with Gasteiger partial charge >= 0.3 is 0 Å². The van der Waals surface area contributed by atoms with Gasteiger partial charge in [0.05, 0.1) is 19.2 Å². The molecule has 32 heavy (non-hydrogen) atoms. The number of hydrogen-bond acceptors (Lipinski definition) is 4. The maximum absolute atomic E-state index is 13.6. The number of aryl methyl sites for hydroxylation is 1. The number of anilines is 1. The molecule has 172 valence electrons. The number of nitrogens with one attached hydrogen (secondary N) is 2. The first-order valence-electron chi connectivity index (χ1n) is 11.9. The first-order chi connectivity index (χ1) is 15.4. The van der Waals surface area contributed by atoms with Crippen LogP contribution in [-0.2, 0) is 16.0 Å². The highest BCUT2D eigenvalue weighted by Crippen LogP contribution is 2.52. The van der Waals surface area contributed by atoms with Crippen LogP contribution in [0, 0.1) is 16.7 Å². The number of carbonyl (C=O) groups is 2. The third kappa shape index (κ3) is 4.52. The van der Waals surface area contributed by atoms with Crippen molar-refractivity contribution in [2.75, 3.05) is 18.4 Å². The van der Waals surface area contributed by atoms with Gasteiger partial charge < -0.3 is 15.5 Å². The molecule has 1 heterocycles. The Morgan fingerprint density at radius 3 is 2.41 bits per heavy atom. The van der Waals surface area contributed by atoms with E-state index >= 15 is 0 Å². The summed E-state index contributed by atoms with van der Waals surface area (Å²) in [4.78, 5) is 27.1. The molecule has 3 saturated carbocycles. The van der Waals surface area contributed by atoms with Crippen molar-refractivity contribution in [2.24, 2.45) is 5.41 Å². The molecular weight excluding hydrogens is 407 g/mol. The molecule has 1 aromatic carbocycles. The van der Waals surface area contributed by atoms with Crippen molar-refractivity contribution >= 4 is 17.5 Å². The molecule has 0 unspecified atom stereocenters. The monoisotopic (exact) mass is 440 g/mol. The Balaban J connectivity index is 1.30. The highest BCUT2D eigenvalue weighted by molar-refractivity contribution is 5.95. The summed E-state index contributed by atoms with van der Waals surface area (Å²) in [6.45, 7) is 2.28. The Labute approximate surface area is 189 Å². The standard InChI is InChI=1S/C25H33FN4O2/c1-2-3-18-4-6-20(7-5-18)29-23(32)24-8-11-25(12-9-24,13-10-24)28-16-22(31)30-17-19(26)14-21(30)15-27/h4-7,19,21,28H,2-3,8-14,16-17H2,1H3,(H,29,32)/t19-,21-,24?,25?/m0/s1. The SMILES string of the molecule is CCCc1ccc(NC(=O)C23CCC(NCC(=O)N4C[C@@H](F)C[C@H]4C#N)(CC2)CC3)cc1. The first kappa shape index (κ1) is 22.7. The molecule has 1 aliphatic heterocycles. The lowest BCUT2D eigenvalue weighted by Crippen LogP contribution is -2.59. The fraction of sp³-hybridized carbons (Fsp3) is 0.640. The normalized spacial score (nSPS) is 31.3. The van der Waals surface area contributed by atoms with E-state index in [1.165, 1.54) is 10.5 Å². The van der Waals surface area contributed by atoms with E-state index in [1.54, 1.807) is 0 Å². The zero-order valence-corrected chi connectivity index (χ0v) is 18.8. The molecule has 6 nitrogen and oxygen atoms in total. The summed E-state index contributed by atoms with van der Waals surface area (Å²) < 4.78 is 13.6. The second-order valence-corrected chi connectivity index (χ2v) is 9.84. The number of halogens is 1. The van der Waals surface area contributed by atoms with Crippen LogP contribution in [-0.4, -0.2) is 47.6 Å². The molecule has 7 heteroatoms. The van der Waals surface area contributed by atoms with Gasteiger partial charge in [0, 0.05) is 23.1 Å².